The van der Waals surface area contributed by atoms with Crippen molar-refractivity contribution in [3.8, 4) is 5.69 Å². The summed E-state index contributed by atoms with van der Waals surface area (Å²) >= 11 is 0. The molecule has 0 unspecified atom stereocenters. The van der Waals surface area contributed by atoms with Crippen LogP contribution in [0.25, 0.3) is 16.7 Å². The summed E-state index contributed by atoms with van der Waals surface area (Å²) in [5.74, 6) is 0.435. The number of rotatable bonds is 5. The predicted molar refractivity (Wildman–Crippen MR) is 113 cm³/mol. The second-order valence-corrected chi connectivity index (χ2v) is 8.75. The Kier molecular flexibility index (Phi) is 4.59. The van der Waals surface area contributed by atoms with Gasteiger partial charge in [-0.2, -0.15) is 5.10 Å². The quantitative estimate of drug-likeness (QED) is 0.701. The molecule has 1 amide bonds. The fraction of sp³-hybridized carbons (Fsp3) is 0.435. The van der Waals surface area contributed by atoms with Crippen LogP contribution in [0.4, 0.5) is 0 Å². The average Bonchev–Trinajstić information content (AvgIpc) is 3.53. The van der Waals surface area contributed by atoms with Gasteiger partial charge in [0.2, 0.25) is 0 Å². The molecule has 1 saturated heterocycles. The minimum Gasteiger partial charge on any atom is -0.351 e. The van der Waals surface area contributed by atoms with E-state index in [4.69, 9.17) is 5.10 Å². The maximum Gasteiger partial charge on any atom is 0.252 e. The van der Waals surface area contributed by atoms with Crippen molar-refractivity contribution in [2.24, 2.45) is 5.41 Å². The number of pyridine rings is 1. The molecule has 2 aromatic heterocycles. The van der Waals surface area contributed by atoms with Crippen LogP contribution in [0.3, 0.4) is 0 Å². The number of fused-ring (bicyclic) bond motifs is 1. The van der Waals surface area contributed by atoms with Gasteiger partial charge in [0.05, 0.1) is 16.9 Å². The van der Waals surface area contributed by atoms with Crippen LogP contribution in [0.15, 0.2) is 42.6 Å². The van der Waals surface area contributed by atoms with Crippen LogP contribution < -0.4 is 10.6 Å². The smallest absolute Gasteiger partial charge is 0.252 e. The Morgan fingerprint density at radius 1 is 1.24 bits per heavy atom. The maximum absolute atomic E-state index is 12.9. The zero-order valence-corrected chi connectivity index (χ0v) is 16.8. The molecule has 150 valence electrons. The van der Waals surface area contributed by atoms with Crippen molar-refractivity contribution >= 4 is 16.9 Å². The highest BCUT2D eigenvalue weighted by Crippen LogP contribution is 2.42. The number of aromatic nitrogens is 3. The largest absolute Gasteiger partial charge is 0.351 e. The van der Waals surface area contributed by atoms with Gasteiger partial charge in [-0.05, 0) is 62.4 Å². The summed E-state index contributed by atoms with van der Waals surface area (Å²) in [6.07, 6.45) is 6.16. The number of carbonyl (C=O) groups excluding carboxylic acids is 1. The zero-order valence-electron chi connectivity index (χ0n) is 16.8. The van der Waals surface area contributed by atoms with Crippen molar-refractivity contribution in [3.05, 3.63) is 53.9 Å². The molecule has 3 heterocycles. The summed E-state index contributed by atoms with van der Waals surface area (Å²) in [6.45, 7) is 4.99. The molecule has 1 saturated carbocycles. The molecule has 2 N–H and O–H groups in total. The molecule has 3 aromatic rings. The molecular formula is C23H27N5O. The second kappa shape index (κ2) is 7.26. The van der Waals surface area contributed by atoms with E-state index in [1.54, 1.807) is 6.20 Å². The number of para-hydroxylation sites is 1. The third kappa shape index (κ3) is 3.65. The van der Waals surface area contributed by atoms with Gasteiger partial charge in [0.15, 0.2) is 5.65 Å². The standard InChI is InChI=1S/C23H27N5O/c1-23(9-11-24-12-10-23)15-26-22(29)17-13-19-20(16-7-8-16)27-28(21(19)25-14-17)18-5-3-2-4-6-18/h2-6,13-14,16,24H,7-12,15H2,1H3,(H,26,29). The Hall–Kier alpha value is -2.73. The number of hydrogen-bond donors (Lipinski definition) is 2. The van der Waals surface area contributed by atoms with Crippen molar-refractivity contribution in [1.82, 2.24) is 25.4 Å². The van der Waals surface area contributed by atoms with Gasteiger partial charge < -0.3 is 10.6 Å². The van der Waals surface area contributed by atoms with Gasteiger partial charge in [-0.15, -0.1) is 0 Å². The number of amides is 1. The Bertz CT molecular complexity index is 1030. The molecule has 0 bridgehead atoms. The van der Waals surface area contributed by atoms with E-state index >= 15 is 0 Å². The minimum absolute atomic E-state index is 0.0478. The first-order chi connectivity index (χ1) is 14.1. The Morgan fingerprint density at radius 3 is 2.72 bits per heavy atom. The lowest BCUT2D eigenvalue weighted by Crippen LogP contribution is -2.42. The Morgan fingerprint density at radius 2 is 2.00 bits per heavy atom. The third-order valence-corrected chi connectivity index (χ3v) is 6.26. The molecule has 1 aliphatic carbocycles. The van der Waals surface area contributed by atoms with Crippen LogP contribution in [0.5, 0.6) is 0 Å². The number of hydrogen-bond acceptors (Lipinski definition) is 4. The minimum atomic E-state index is -0.0478. The van der Waals surface area contributed by atoms with E-state index in [1.165, 1.54) is 0 Å². The van der Waals surface area contributed by atoms with E-state index in [-0.39, 0.29) is 11.3 Å². The summed E-state index contributed by atoms with van der Waals surface area (Å²) in [5, 5.41) is 12.4. The molecule has 0 radical (unpaired) electrons. The topological polar surface area (TPSA) is 71.8 Å². The van der Waals surface area contributed by atoms with Crippen LogP contribution in [-0.4, -0.2) is 40.3 Å². The second-order valence-electron chi connectivity index (χ2n) is 8.75. The van der Waals surface area contributed by atoms with Gasteiger partial charge in [0.25, 0.3) is 5.91 Å². The average molecular weight is 390 g/mol. The van der Waals surface area contributed by atoms with Gasteiger partial charge in [-0.25, -0.2) is 9.67 Å². The van der Waals surface area contributed by atoms with Crippen LogP contribution in [0.1, 0.15) is 54.6 Å². The van der Waals surface area contributed by atoms with Gasteiger partial charge in [0, 0.05) is 24.0 Å². The Labute approximate surface area is 170 Å². The summed E-state index contributed by atoms with van der Waals surface area (Å²) in [7, 11) is 0. The molecule has 5 rings (SSSR count). The van der Waals surface area contributed by atoms with Crippen LogP contribution in [0, 0.1) is 5.41 Å². The highest BCUT2D eigenvalue weighted by Gasteiger charge is 2.31. The lowest BCUT2D eigenvalue weighted by atomic mass is 9.81. The first-order valence-electron chi connectivity index (χ1n) is 10.6. The molecular weight excluding hydrogens is 362 g/mol. The molecule has 1 aliphatic heterocycles. The number of carbonyl (C=O) groups is 1. The maximum atomic E-state index is 12.9. The number of benzene rings is 1. The SMILES string of the molecule is CC1(CNC(=O)c2cnc3c(c2)c(C2CC2)nn3-c2ccccc2)CCNCC1. The summed E-state index contributed by atoms with van der Waals surface area (Å²) in [4.78, 5) is 17.5. The molecule has 6 heteroatoms. The van der Waals surface area contributed by atoms with E-state index in [1.807, 2.05) is 41.1 Å². The van der Waals surface area contributed by atoms with Crippen molar-refractivity contribution in [1.29, 1.82) is 0 Å². The number of piperidine rings is 1. The zero-order chi connectivity index (χ0) is 19.8. The molecule has 0 spiro atoms. The molecule has 2 aliphatic rings. The van der Waals surface area contributed by atoms with E-state index in [2.05, 4.69) is 22.5 Å². The van der Waals surface area contributed by atoms with Gasteiger partial charge in [-0.3, -0.25) is 4.79 Å². The monoisotopic (exact) mass is 389 g/mol. The molecule has 0 atom stereocenters. The van der Waals surface area contributed by atoms with E-state index in [0.29, 0.717) is 18.0 Å². The number of nitrogens with one attached hydrogen (secondary N) is 2. The van der Waals surface area contributed by atoms with Crippen LogP contribution in [0.2, 0.25) is 0 Å². The number of nitrogens with zero attached hydrogens (tertiary/aromatic N) is 3. The van der Waals surface area contributed by atoms with Crippen molar-refractivity contribution < 1.29 is 4.79 Å². The molecule has 2 fully saturated rings. The first kappa shape index (κ1) is 18.3. The molecule has 1 aromatic carbocycles. The third-order valence-electron chi connectivity index (χ3n) is 6.26. The van der Waals surface area contributed by atoms with Crippen molar-refractivity contribution in [2.45, 2.75) is 38.5 Å². The lowest BCUT2D eigenvalue weighted by molar-refractivity contribution is 0.0922. The normalized spacial score (nSPS) is 18.7. The van der Waals surface area contributed by atoms with Gasteiger partial charge in [0.1, 0.15) is 0 Å². The van der Waals surface area contributed by atoms with Gasteiger partial charge >= 0.3 is 0 Å². The van der Waals surface area contributed by atoms with Crippen molar-refractivity contribution in [3.63, 3.8) is 0 Å². The van der Waals surface area contributed by atoms with E-state index in [0.717, 1.165) is 61.2 Å². The Balaban J connectivity index is 1.44. The van der Waals surface area contributed by atoms with Crippen LogP contribution >= 0.6 is 0 Å². The molecule has 29 heavy (non-hydrogen) atoms. The summed E-state index contributed by atoms with van der Waals surface area (Å²) in [5.41, 5.74) is 3.66. The van der Waals surface area contributed by atoms with E-state index in [9.17, 15) is 4.79 Å². The first-order valence-corrected chi connectivity index (χ1v) is 10.6. The fourth-order valence-electron chi connectivity index (χ4n) is 4.16. The van der Waals surface area contributed by atoms with Gasteiger partial charge in [-0.1, -0.05) is 25.1 Å². The van der Waals surface area contributed by atoms with Crippen molar-refractivity contribution in [2.75, 3.05) is 19.6 Å². The fourth-order valence-corrected chi connectivity index (χ4v) is 4.16. The highest BCUT2D eigenvalue weighted by molar-refractivity contribution is 5.97. The van der Waals surface area contributed by atoms with Crippen LogP contribution in [-0.2, 0) is 0 Å². The predicted octanol–water partition coefficient (Wildman–Crippen LogP) is 3.42. The lowest BCUT2D eigenvalue weighted by Gasteiger charge is -2.34. The molecule has 6 nitrogen and oxygen atoms in total. The summed E-state index contributed by atoms with van der Waals surface area (Å²) < 4.78 is 1.90. The highest BCUT2D eigenvalue weighted by atomic mass is 16.1. The van der Waals surface area contributed by atoms with E-state index < -0.39 is 0 Å². The summed E-state index contributed by atoms with van der Waals surface area (Å²) in [6, 6.07) is 12.0.